The monoisotopic (exact) mass is 267 g/mol. The van der Waals surface area contributed by atoms with Crippen LogP contribution in [0.15, 0.2) is 6.33 Å². The average Bonchev–Trinajstić information content (AvgIpc) is 2.35. The smallest absolute Gasteiger partial charge is 0.372 e. The SMILES string of the molecule is CCCN(c1ncnc(OC)c1[N+](=O)[O-])C1CNC1. The molecule has 1 fully saturated rings. The van der Waals surface area contributed by atoms with Crippen molar-refractivity contribution in [3.8, 4) is 5.88 Å². The molecule has 0 unspecified atom stereocenters. The summed E-state index contributed by atoms with van der Waals surface area (Å²) in [5.41, 5.74) is -0.162. The number of anilines is 1. The van der Waals surface area contributed by atoms with Gasteiger partial charge >= 0.3 is 5.69 Å². The molecule has 8 nitrogen and oxygen atoms in total. The molecule has 104 valence electrons. The van der Waals surface area contributed by atoms with E-state index in [1.54, 1.807) is 0 Å². The second kappa shape index (κ2) is 5.79. The van der Waals surface area contributed by atoms with Gasteiger partial charge in [0.25, 0.3) is 5.88 Å². The van der Waals surface area contributed by atoms with Crippen molar-refractivity contribution >= 4 is 11.5 Å². The third kappa shape index (κ3) is 2.58. The van der Waals surface area contributed by atoms with Crippen LogP contribution in [0.25, 0.3) is 0 Å². The van der Waals surface area contributed by atoms with Crippen molar-refractivity contribution in [1.82, 2.24) is 15.3 Å². The molecule has 2 rings (SSSR count). The van der Waals surface area contributed by atoms with Gasteiger partial charge in [0, 0.05) is 19.6 Å². The van der Waals surface area contributed by atoms with Gasteiger partial charge in [-0.2, -0.15) is 4.98 Å². The second-order valence-corrected chi connectivity index (χ2v) is 4.32. The van der Waals surface area contributed by atoms with E-state index in [1.807, 2.05) is 11.8 Å². The van der Waals surface area contributed by atoms with Crippen molar-refractivity contribution in [2.75, 3.05) is 31.6 Å². The van der Waals surface area contributed by atoms with E-state index in [4.69, 9.17) is 4.74 Å². The van der Waals surface area contributed by atoms with Crippen LogP contribution in [0, 0.1) is 10.1 Å². The van der Waals surface area contributed by atoms with Crippen molar-refractivity contribution in [2.24, 2.45) is 0 Å². The van der Waals surface area contributed by atoms with Gasteiger partial charge in [0.2, 0.25) is 5.82 Å². The fourth-order valence-electron chi connectivity index (χ4n) is 2.07. The van der Waals surface area contributed by atoms with Gasteiger partial charge in [-0.1, -0.05) is 6.92 Å². The Morgan fingerprint density at radius 1 is 1.58 bits per heavy atom. The van der Waals surface area contributed by atoms with Crippen LogP contribution in [0.2, 0.25) is 0 Å². The molecule has 1 aliphatic rings. The first-order valence-electron chi connectivity index (χ1n) is 6.19. The molecule has 0 bridgehead atoms. The molecule has 1 aromatic heterocycles. The van der Waals surface area contributed by atoms with Crippen LogP contribution in [0.1, 0.15) is 13.3 Å². The van der Waals surface area contributed by atoms with Crippen LogP contribution >= 0.6 is 0 Å². The molecule has 0 aromatic carbocycles. The number of hydrogen-bond acceptors (Lipinski definition) is 7. The average molecular weight is 267 g/mol. The Bertz CT molecular complexity index is 464. The summed E-state index contributed by atoms with van der Waals surface area (Å²) in [5.74, 6) is 0.341. The molecule has 0 aliphatic carbocycles. The molecule has 19 heavy (non-hydrogen) atoms. The molecule has 1 saturated heterocycles. The maximum atomic E-state index is 11.2. The zero-order valence-electron chi connectivity index (χ0n) is 11.0. The standard InChI is InChI=1S/C11H17N5O3/c1-3-4-15(8-5-12-6-8)10-9(16(17)18)11(19-2)14-7-13-10/h7-8,12H,3-6H2,1-2H3. The molecule has 8 heteroatoms. The summed E-state index contributed by atoms with van der Waals surface area (Å²) in [6.45, 7) is 4.36. The highest BCUT2D eigenvalue weighted by Crippen LogP contribution is 2.34. The normalized spacial score (nSPS) is 14.8. The first kappa shape index (κ1) is 13.5. The first-order valence-corrected chi connectivity index (χ1v) is 6.19. The lowest BCUT2D eigenvalue weighted by Gasteiger charge is -2.38. The Labute approximate surface area is 110 Å². The van der Waals surface area contributed by atoms with E-state index in [-0.39, 0.29) is 17.6 Å². The van der Waals surface area contributed by atoms with Gasteiger partial charge in [0.15, 0.2) is 0 Å². The summed E-state index contributed by atoms with van der Waals surface area (Å²) in [6.07, 6.45) is 2.19. The number of nitrogens with one attached hydrogen (secondary N) is 1. The number of nitro groups is 1. The summed E-state index contributed by atoms with van der Waals surface area (Å²) in [5, 5.41) is 14.4. The van der Waals surface area contributed by atoms with Crippen molar-refractivity contribution in [3.05, 3.63) is 16.4 Å². The molecule has 0 amide bonds. The van der Waals surface area contributed by atoms with E-state index < -0.39 is 4.92 Å². The van der Waals surface area contributed by atoms with Crippen molar-refractivity contribution in [2.45, 2.75) is 19.4 Å². The van der Waals surface area contributed by atoms with E-state index in [2.05, 4.69) is 15.3 Å². The third-order valence-electron chi connectivity index (χ3n) is 3.08. The van der Waals surface area contributed by atoms with Gasteiger partial charge in [-0.25, -0.2) is 4.98 Å². The predicted octanol–water partition coefficient (Wildman–Crippen LogP) is 0.582. The van der Waals surface area contributed by atoms with Gasteiger partial charge in [0.1, 0.15) is 6.33 Å². The number of ether oxygens (including phenoxy) is 1. The predicted molar refractivity (Wildman–Crippen MR) is 69.5 cm³/mol. The van der Waals surface area contributed by atoms with Crippen LogP contribution < -0.4 is 15.0 Å². The lowest BCUT2D eigenvalue weighted by molar-refractivity contribution is -0.385. The molecule has 0 atom stereocenters. The molecule has 1 aliphatic heterocycles. The van der Waals surface area contributed by atoms with Crippen LogP contribution in [0.5, 0.6) is 5.88 Å². The topological polar surface area (TPSA) is 93.4 Å². The van der Waals surface area contributed by atoms with E-state index >= 15 is 0 Å². The minimum Gasteiger partial charge on any atom is -0.476 e. The first-order chi connectivity index (χ1) is 9.19. The lowest BCUT2D eigenvalue weighted by Crippen LogP contribution is -2.58. The molecular weight excluding hydrogens is 250 g/mol. The van der Waals surface area contributed by atoms with Gasteiger partial charge in [-0.3, -0.25) is 10.1 Å². The van der Waals surface area contributed by atoms with Crippen molar-refractivity contribution in [3.63, 3.8) is 0 Å². The van der Waals surface area contributed by atoms with Gasteiger partial charge in [0.05, 0.1) is 18.1 Å². The second-order valence-electron chi connectivity index (χ2n) is 4.32. The largest absolute Gasteiger partial charge is 0.476 e. The summed E-state index contributed by atoms with van der Waals surface area (Å²) in [7, 11) is 1.37. The Kier molecular flexibility index (Phi) is 4.10. The molecule has 2 heterocycles. The molecule has 0 radical (unpaired) electrons. The van der Waals surface area contributed by atoms with Gasteiger partial charge in [-0.05, 0) is 6.42 Å². The Balaban J connectivity index is 2.42. The Morgan fingerprint density at radius 2 is 2.32 bits per heavy atom. The molecule has 0 spiro atoms. The van der Waals surface area contributed by atoms with Crippen molar-refractivity contribution < 1.29 is 9.66 Å². The van der Waals surface area contributed by atoms with Gasteiger partial charge in [-0.15, -0.1) is 0 Å². The van der Waals surface area contributed by atoms with E-state index in [0.29, 0.717) is 12.4 Å². The zero-order chi connectivity index (χ0) is 13.8. The number of rotatable bonds is 6. The maximum absolute atomic E-state index is 11.2. The fourth-order valence-corrected chi connectivity index (χ4v) is 2.07. The maximum Gasteiger partial charge on any atom is 0.372 e. The minimum absolute atomic E-state index is 0.00313. The van der Waals surface area contributed by atoms with Crippen molar-refractivity contribution in [1.29, 1.82) is 0 Å². The number of nitrogens with zero attached hydrogens (tertiary/aromatic N) is 4. The van der Waals surface area contributed by atoms with Crippen LogP contribution in [0.4, 0.5) is 11.5 Å². The molecule has 1 N–H and O–H groups in total. The minimum atomic E-state index is -0.483. The summed E-state index contributed by atoms with van der Waals surface area (Å²) in [4.78, 5) is 20.6. The van der Waals surface area contributed by atoms with E-state index in [9.17, 15) is 10.1 Å². The number of hydrogen-bond donors (Lipinski definition) is 1. The highest BCUT2D eigenvalue weighted by Gasteiger charge is 2.33. The number of aromatic nitrogens is 2. The summed E-state index contributed by atoms with van der Waals surface area (Å²) >= 11 is 0. The Hall–Kier alpha value is -1.96. The highest BCUT2D eigenvalue weighted by atomic mass is 16.6. The highest BCUT2D eigenvalue weighted by molar-refractivity contribution is 5.63. The number of methoxy groups -OCH3 is 1. The molecule has 0 saturated carbocycles. The van der Waals surface area contributed by atoms with Crippen LogP contribution in [-0.4, -0.2) is 47.7 Å². The third-order valence-corrected chi connectivity index (χ3v) is 3.08. The van der Waals surface area contributed by atoms with Crippen LogP contribution in [0.3, 0.4) is 0 Å². The molecular formula is C11H17N5O3. The fraction of sp³-hybridized carbons (Fsp3) is 0.636. The quantitative estimate of drug-likeness (QED) is 0.595. The zero-order valence-corrected chi connectivity index (χ0v) is 11.0. The van der Waals surface area contributed by atoms with E-state index in [0.717, 1.165) is 19.5 Å². The van der Waals surface area contributed by atoms with Gasteiger partial charge < -0.3 is 15.0 Å². The molecule has 1 aromatic rings. The lowest BCUT2D eigenvalue weighted by atomic mass is 10.1. The van der Waals surface area contributed by atoms with E-state index in [1.165, 1.54) is 13.4 Å². The Morgan fingerprint density at radius 3 is 2.79 bits per heavy atom. The summed E-state index contributed by atoms with van der Waals surface area (Å²) in [6, 6.07) is 0.234. The summed E-state index contributed by atoms with van der Waals surface area (Å²) < 4.78 is 4.97. The van der Waals surface area contributed by atoms with Crippen LogP contribution in [-0.2, 0) is 0 Å².